The lowest BCUT2D eigenvalue weighted by molar-refractivity contribution is -0.122. The minimum atomic E-state index is -0.429. The van der Waals surface area contributed by atoms with Gasteiger partial charge in [0.05, 0.1) is 12.2 Å². The number of carbonyl (C=O) groups is 1. The zero-order chi connectivity index (χ0) is 12.7. The van der Waals surface area contributed by atoms with Gasteiger partial charge in [-0.25, -0.2) is 0 Å². The fourth-order valence-corrected chi connectivity index (χ4v) is 2.11. The van der Waals surface area contributed by atoms with E-state index >= 15 is 0 Å². The van der Waals surface area contributed by atoms with Crippen molar-refractivity contribution in [2.75, 3.05) is 13.2 Å². The first kappa shape index (κ1) is 14.5. The van der Waals surface area contributed by atoms with Gasteiger partial charge in [-0.2, -0.15) is 0 Å². The highest BCUT2D eigenvalue weighted by molar-refractivity contribution is 5.75. The molecule has 0 aromatic carbocycles. The highest BCUT2D eigenvalue weighted by Crippen LogP contribution is 2.16. The van der Waals surface area contributed by atoms with E-state index in [4.69, 9.17) is 4.74 Å². The van der Waals surface area contributed by atoms with E-state index in [-0.39, 0.29) is 12.0 Å². The maximum Gasteiger partial charge on any atom is 0.220 e. The summed E-state index contributed by atoms with van der Waals surface area (Å²) in [4.78, 5) is 11.5. The second-order valence-corrected chi connectivity index (χ2v) is 5.26. The molecule has 2 unspecified atom stereocenters. The molecule has 1 aliphatic rings. The first-order valence-corrected chi connectivity index (χ1v) is 6.64. The van der Waals surface area contributed by atoms with Crippen molar-refractivity contribution in [3.05, 3.63) is 0 Å². The van der Waals surface area contributed by atoms with Gasteiger partial charge in [0, 0.05) is 19.6 Å². The van der Waals surface area contributed by atoms with Crippen LogP contribution in [0.15, 0.2) is 0 Å². The van der Waals surface area contributed by atoms with E-state index in [1.54, 1.807) is 0 Å². The topological polar surface area (TPSA) is 58.6 Å². The van der Waals surface area contributed by atoms with Crippen molar-refractivity contribution < 1.29 is 14.6 Å². The summed E-state index contributed by atoms with van der Waals surface area (Å²) in [5, 5.41) is 12.4. The summed E-state index contributed by atoms with van der Waals surface area (Å²) in [6.07, 6.45) is 4.04. The predicted molar refractivity (Wildman–Crippen MR) is 66.7 cm³/mol. The van der Waals surface area contributed by atoms with E-state index in [2.05, 4.69) is 19.2 Å². The third-order valence-corrected chi connectivity index (χ3v) is 3.00. The second kappa shape index (κ2) is 7.67. The fraction of sp³-hybridized carbons (Fsp3) is 0.923. The van der Waals surface area contributed by atoms with Crippen LogP contribution in [0.5, 0.6) is 0 Å². The van der Waals surface area contributed by atoms with Crippen LogP contribution in [0.25, 0.3) is 0 Å². The molecule has 100 valence electrons. The quantitative estimate of drug-likeness (QED) is 0.712. The van der Waals surface area contributed by atoms with Crippen molar-refractivity contribution in [2.45, 2.75) is 58.2 Å². The molecule has 17 heavy (non-hydrogen) atoms. The smallest absolute Gasteiger partial charge is 0.220 e. The number of rotatable bonds is 7. The highest BCUT2D eigenvalue weighted by Gasteiger charge is 2.17. The molecule has 4 nitrogen and oxygen atoms in total. The average molecular weight is 243 g/mol. The third-order valence-electron chi connectivity index (χ3n) is 3.00. The van der Waals surface area contributed by atoms with E-state index in [0.717, 1.165) is 32.3 Å². The molecule has 2 N–H and O–H groups in total. The predicted octanol–water partition coefficient (Wildman–Crippen LogP) is 1.47. The SMILES string of the molecule is CC(C)CC(O)CNC(=O)CCC1CCCO1. The Morgan fingerprint density at radius 2 is 2.29 bits per heavy atom. The number of aliphatic hydroxyl groups excluding tert-OH is 1. The number of amides is 1. The van der Waals surface area contributed by atoms with Gasteiger partial charge in [0.2, 0.25) is 5.91 Å². The zero-order valence-electron chi connectivity index (χ0n) is 10.9. The third kappa shape index (κ3) is 6.64. The molecule has 0 saturated carbocycles. The van der Waals surface area contributed by atoms with Gasteiger partial charge in [-0.15, -0.1) is 0 Å². The molecule has 1 heterocycles. The van der Waals surface area contributed by atoms with E-state index in [1.165, 1.54) is 0 Å². The summed E-state index contributed by atoms with van der Waals surface area (Å²) in [6.45, 7) is 5.31. The monoisotopic (exact) mass is 243 g/mol. The van der Waals surface area contributed by atoms with Crippen LogP contribution in [-0.2, 0) is 9.53 Å². The normalized spacial score (nSPS) is 21.8. The molecule has 0 aromatic heterocycles. The van der Waals surface area contributed by atoms with Gasteiger partial charge in [0.1, 0.15) is 0 Å². The van der Waals surface area contributed by atoms with E-state index in [9.17, 15) is 9.90 Å². The Morgan fingerprint density at radius 3 is 2.88 bits per heavy atom. The van der Waals surface area contributed by atoms with Gasteiger partial charge < -0.3 is 15.2 Å². The van der Waals surface area contributed by atoms with Gasteiger partial charge in [-0.05, 0) is 31.6 Å². The number of hydrogen-bond acceptors (Lipinski definition) is 3. The summed E-state index contributed by atoms with van der Waals surface area (Å²) < 4.78 is 5.45. The summed E-state index contributed by atoms with van der Waals surface area (Å²) in [5.41, 5.74) is 0. The van der Waals surface area contributed by atoms with Crippen LogP contribution >= 0.6 is 0 Å². The molecular formula is C13H25NO3. The molecule has 1 saturated heterocycles. The molecule has 0 spiro atoms. The average Bonchev–Trinajstić information content (AvgIpc) is 2.75. The first-order chi connectivity index (χ1) is 8.08. The molecule has 0 bridgehead atoms. The Labute approximate surface area is 104 Å². The van der Waals surface area contributed by atoms with Crippen LogP contribution in [-0.4, -0.2) is 36.4 Å². The van der Waals surface area contributed by atoms with Crippen LogP contribution in [0.3, 0.4) is 0 Å². The van der Waals surface area contributed by atoms with Gasteiger partial charge in [-0.1, -0.05) is 13.8 Å². The number of aliphatic hydroxyl groups is 1. The number of hydrogen-bond donors (Lipinski definition) is 2. The van der Waals surface area contributed by atoms with Crippen molar-refractivity contribution >= 4 is 5.91 Å². The van der Waals surface area contributed by atoms with Crippen molar-refractivity contribution in [3.63, 3.8) is 0 Å². The molecule has 1 fully saturated rings. The summed E-state index contributed by atoms with van der Waals surface area (Å²) in [5.74, 6) is 0.470. The number of nitrogens with one attached hydrogen (secondary N) is 1. The van der Waals surface area contributed by atoms with E-state index in [0.29, 0.717) is 18.9 Å². The lowest BCUT2D eigenvalue weighted by Crippen LogP contribution is -2.33. The molecular weight excluding hydrogens is 218 g/mol. The largest absolute Gasteiger partial charge is 0.391 e. The lowest BCUT2D eigenvalue weighted by atomic mass is 10.1. The van der Waals surface area contributed by atoms with Gasteiger partial charge in [0.15, 0.2) is 0 Å². The zero-order valence-corrected chi connectivity index (χ0v) is 10.9. The Bertz CT molecular complexity index is 225. The van der Waals surface area contributed by atoms with Crippen LogP contribution in [0.4, 0.5) is 0 Å². The molecule has 1 rings (SSSR count). The molecule has 0 aromatic rings. The first-order valence-electron chi connectivity index (χ1n) is 6.64. The second-order valence-electron chi connectivity index (χ2n) is 5.26. The molecule has 4 heteroatoms. The maximum absolute atomic E-state index is 11.5. The van der Waals surface area contributed by atoms with Gasteiger partial charge in [-0.3, -0.25) is 4.79 Å². The van der Waals surface area contributed by atoms with Crippen LogP contribution in [0.2, 0.25) is 0 Å². The molecule has 0 aliphatic carbocycles. The van der Waals surface area contributed by atoms with Crippen LogP contribution < -0.4 is 5.32 Å². The Balaban J connectivity index is 2.04. The number of carbonyl (C=O) groups excluding carboxylic acids is 1. The van der Waals surface area contributed by atoms with Crippen LogP contribution in [0.1, 0.15) is 46.0 Å². The Morgan fingerprint density at radius 1 is 1.53 bits per heavy atom. The van der Waals surface area contributed by atoms with E-state index < -0.39 is 6.10 Å². The highest BCUT2D eigenvalue weighted by atomic mass is 16.5. The van der Waals surface area contributed by atoms with Crippen molar-refractivity contribution in [3.8, 4) is 0 Å². The molecule has 1 amide bonds. The summed E-state index contributed by atoms with van der Waals surface area (Å²) in [7, 11) is 0. The van der Waals surface area contributed by atoms with Gasteiger partial charge >= 0.3 is 0 Å². The molecule has 0 radical (unpaired) electrons. The van der Waals surface area contributed by atoms with Gasteiger partial charge in [0.25, 0.3) is 0 Å². The maximum atomic E-state index is 11.5. The minimum absolute atomic E-state index is 0.0170. The standard InChI is InChI=1S/C13H25NO3/c1-10(2)8-11(15)9-14-13(16)6-5-12-4-3-7-17-12/h10-12,15H,3-9H2,1-2H3,(H,14,16). The van der Waals surface area contributed by atoms with E-state index in [1.807, 2.05) is 0 Å². The fourth-order valence-electron chi connectivity index (χ4n) is 2.11. The van der Waals surface area contributed by atoms with Crippen molar-refractivity contribution in [1.82, 2.24) is 5.32 Å². The summed E-state index contributed by atoms with van der Waals surface area (Å²) >= 11 is 0. The minimum Gasteiger partial charge on any atom is -0.391 e. The van der Waals surface area contributed by atoms with Crippen molar-refractivity contribution in [1.29, 1.82) is 0 Å². The Kier molecular flexibility index (Phi) is 6.52. The number of ether oxygens (including phenoxy) is 1. The lowest BCUT2D eigenvalue weighted by Gasteiger charge is -2.14. The summed E-state index contributed by atoms with van der Waals surface area (Å²) in [6, 6.07) is 0. The Hall–Kier alpha value is -0.610. The molecule has 2 atom stereocenters. The van der Waals surface area contributed by atoms with Crippen LogP contribution in [0, 0.1) is 5.92 Å². The molecule has 1 aliphatic heterocycles. The van der Waals surface area contributed by atoms with Crippen molar-refractivity contribution in [2.24, 2.45) is 5.92 Å².